The second-order valence-corrected chi connectivity index (χ2v) is 5.18. The lowest BCUT2D eigenvalue weighted by Crippen LogP contribution is -2.25. The molecule has 1 rings (SSSR count). The number of rotatable bonds is 4. The van der Waals surface area contributed by atoms with Crippen LogP contribution in [-0.2, 0) is 0 Å². The predicted molar refractivity (Wildman–Crippen MR) is 69.5 cm³/mol. The van der Waals surface area contributed by atoms with Crippen molar-refractivity contribution in [2.75, 3.05) is 5.32 Å². The van der Waals surface area contributed by atoms with Crippen LogP contribution in [0, 0.1) is 5.92 Å². The van der Waals surface area contributed by atoms with E-state index in [2.05, 4.69) is 47.0 Å². The summed E-state index contributed by atoms with van der Waals surface area (Å²) in [4.78, 5) is 4.26. The van der Waals surface area contributed by atoms with E-state index in [9.17, 15) is 0 Å². The highest BCUT2D eigenvalue weighted by Gasteiger charge is 2.12. The molecule has 0 spiro atoms. The molecular formula is C11H16BrClN2. The molecule has 15 heavy (non-hydrogen) atoms. The number of hydrogen-bond acceptors (Lipinski definition) is 2. The van der Waals surface area contributed by atoms with Crippen LogP contribution in [0.1, 0.15) is 27.2 Å². The molecule has 0 fully saturated rings. The first-order valence-corrected chi connectivity index (χ1v) is 6.29. The lowest BCUT2D eigenvalue weighted by molar-refractivity contribution is 0.509. The van der Waals surface area contributed by atoms with Crippen molar-refractivity contribution in [1.82, 2.24) is 4.98 Å². The molecule has 0 aromatic carbocycles. The summed E-state index contributed by atoms with van der Waals surface area (Å²) in [5.74, 6) is 1.44. The number of nitrogens with zero attached hydrogens (tertiary/aromatic N) is 1. The third kappa shape index (κ3) is 3.65. The van der Waals surface area contributed by atoms with Crippen LogP contribution in [0.2, 0.25) is 5.02 Å². The maximum Gasteiger partial charge on any atom is 0.140 e. The zero-order valence-electron chi connectivity index (χ0n) is 9.22. The van der Waals surface area contributed by atoms with Crippen LogP contribution in [0.15, 0.2) is 16.7 Å². The summed E-state index contributed by atoms with van der Waals surface area (Å²) in [7, 11) is 0. The van der Waals surface area contributed by atoms with E-state index in [0.29, 0.717) is 17.0 Å². The molecule has 0 aliphatic heterocycles. The quantitative estimate of drug-likeness (QED) is 0.892. The summed E-state index contributed by atoms with van der Waals surface area (Å²) in [6, 6.07) is 2.29. The molecule has 1 aromatic rings. The van der Waals surface area contributed by atoms with Crippen molar-refractivity contribution in [3.05, 3.63) is 21.8 Å². The van der Waals surface area contributed by atoms with Crippen LogP contribution < -0.4 is 5.32 Å². The smallest absolute Gasteiger partial charge is 0.140 e. The van der Waals surface area contributed by atoms with Crippen molar-refractivity contribution in [2.24, 2.45) is 5.92 Å². The van der Waals surface area contributed by atoms with Gasteiger partial charge in [-0.1, -0.05) is 32.4 Å². The molecule has 0 aliphatic rings. The number of aromatic nitrogens is 1. The van der Waals surface area contributed by atoms with Crippen molar-refractivity contribution >= 4 is 33.3 Å². The molecular weight excluding hydrogens is 275 g/mol. The zero-order chi connectivity index (χ0) is 11.4. The highest BCUT2D eigenvalue weighted by Crippen LogP contribution is 2.25. The summed E-state index contributed by atoms with van der Waals surface area (Å²) in [6.45, 7) is 6.57. The van der Waals surface area contributed by atoms with Gasteiger partial charge in [-0.25, -0.2) is 4.98 Å². The fourth-order valence-electron chi connectivity index (χ4n) is 1.44. The molecule has 2 nitrogen and oxygen atoms in total. The van der Waals surface area contributed by atoms with Gasteiger partial charge >= 0.3 is 0 Å². The number of halogens is 2. The Hall–Kier alpha value is -0.280. The average molecular weight is 292 g/mol. The van der Waals surface area contributed by atoms with Crippen LogP contribution in [0.4, 0.5) is 5.82 Å². The third-order valence-electron chi connectivity index (χ3n) is 2.37. The Labute approximate surface area is 105 Å². The van der Waals surface area contributed by atoms with Gasteiger partial charge in [0.1, 0.15) is 5.82 Å². The van der Waals surface area contributed by atoms with E-state index in [1.807, 2.05) is 6.07 Å². The highest BCUT2D eigenvalue weighted by molar-refractivity contribution is 9.10. The van der Waals surface area contributed by atoms with E-state index in [1.54, 1.807) is 6.20 Å². The second-order valence-electron chi connectivity index (χ2n) is 3.89. The van der Waals surface area contributed by atoms with E-state index >= 15 is 0 Å². The molecule has 4 heteroatoms. The largest absolute Gasteiger partial charge is 0.366 e. The molecule has 0 radical (unpaired) electrons. The summed E-state index contributed by atoms with van der Waals surface area (Å²) in [5.41, 5.74) is 0. The molecule has 1 atom stereocenters. The minimum absolute atomic E-state index is 0.440. The van der Waals surface area contributed by atoms with Gasteiger partial charge in [0, 0.05) is 12.2 Å². The van der Waals surface area contributed by atoms with E-state index in [1.165, 1.54) is 0 Å². The lowest BCUT2D eigenvalue weighted by atomic mass is 10.0. The van der Waals surface area contributed by atoms with Crippen molar-refractivity contribution < 1.29 is 0 Å². The van der Waals surface area contributed by atoms with E-state index < -0.39 is 0 Å². The summed E-state index contributed by atoms with van der Waals surface area (Å²) in [5, 5.41) is 4.05. The number of nitrogens with one attached hydrogen (secondary N) is 1. The zero-order valence-corrected chi connectivity index (χ0v) is 11.6. The van der Waals surface area contributed by atoms with Gasteiger partial charge in [-0.2, -0.15) is 0 Å². The van der Waals surface area contributed by atoms with Gasteiger partial charge in [-0.3, -0.25) is 0 Å². The van der Waals surface area contributed by atoms with Crippen molar-refractivity contribution in [3.63, 3.8) is 0 Å². The van der Waals surface area contributed by atoms with Crippen molar-refractivity contribution in [3.8, 4) is 0 Å². The third-order valence-corrected chi connectivity index (χ3v) is 3.19. The van der Waals surface area contributed by atoms with Gasteiger partial charge in [0.25, 0.3) is 0 Å². The SMILES string of the molecule is CCC(Nc1ncc(Cl)cc1Br)C(C)C. The molecule has 0 saturated heterocycles. The monoisotopic (exact) mass is 290 g/mol. The van der Waals surface area contributed by atoms with E-state index in [0.717, 1.165) is 16.7 Å². The van der Waals surface area contributed by atoms with Gasteiger partial charge in [0.2, 0.25) is 0 Å². The van der Waals surface area contributed by atoms with Gasteiger partial charge < -0.3 is 5.32 Å². The fraction of sp³-hybridized carbons (Fsp3) is 0.545. The molecule has 0 saturated carbocycles. The summed E-state index contributed by atoms with van der Waals surface area (Å²) < 4.78 is 0.911. The molecule has 1 N–H and O–H groups in total. The number of hydrogen-bond donors (Lipinski definition) is 1. The van der Waals surface area contributed by atoms with Gasteiger partial charge in [-0.15, -0.1) is 0 Å². The maximum atomic E-state index is 5.83. The first-order chi connectivity index (χ1) is 7.04. The minimum atomic E-state index is 0.440. The maximum absolute atomic E-state index is 5.83. The van der Waals surface area contributed by atoms with Crippen LogP contribution in [0.5, 0.6) is 0 Å². The van der Waals surface area contributed by atoms with Crippen molar-refractivity contribution in [2.45, 2.75) is 33.2 Å². The Balaban J connectivity index is 2.79. The van der Waals surface area contributed by atoms with E-state index in [4.69, 9.17) is 11.6 Å². The molecule has 1 unspecified atom stereocenters. The van der Waals surface area contributed by atoms with E-state index in [-0.39, 0.29) is 0 Å². The number of anilines is 1. The first kappa shape index (κ1) is 12.8. The van der Waals surface area contributed by atoms with Crippen LogP contribution in [0.3, 0.4) is 0 Å². The fourth-order valence-corrected chi connectivity index (χ4v) is 2.19. The van der Waals surface area contributed by atoms with Crippen LogP contribution in [0.25, 0.3) is 0 Å². The van der Waals surface area contributed by atoms with Crippen molar-refractivity contribution in [1.29, 1.82) is 0 Å². The Bertz CT molecular complexity index is 328. The molecule has 1 aromatic heterocycles. The molecule has 0 aliphatic carbocycles. The van der Waals surface area contributed by atoms with Crippen LogP contribution >= 0.6 is 27.5 Å². The Morgan fingerprint density at radius 2 is 2.20 bits per heavy atom. The molecule has 84 valence electrons. The van der Waals surface area contributed by atoms with Crippen LogP contribution in [-0.4, -0.2) is 11.0 Å². The average Bonchev–Trinajstić information content (AvgIpc) is 2.16. The van der Waals surface area contributed by atoms with Gasteiger partial charge in [0.05, 0.1) is 9.50 Å². The Morgan fingerprint density at radius 3 is 2.67 bits per heavy atom. The van der Waals surface area contributed by atoms with Gasteiger partial charge in [0.15, 0.2) is 0 Å². The first-order valence-electron chi connectivity index (χ1n) is 5.12. The standard InChI is InChI=1S/C11H16BrClN2/c1-4-10(7(2)3)15-11-9(12)5-8(13)6-14-11/h5-7,10H,4H2,1-3H3,(H,14,15). The predicted octanol–water partition coefficient (Wildman–Crippen LogP) is 4.34. The lowest BCUT2D eigenvalue weighted by Gasteiger charge is -2.21. The number of pyridine rings is 1. The normalized spacial score (nSPS) is 12.9. The molecule has 1 heterocycles. The topological polar surface area (TPSA) is 24.9 Å². The summed E-state index contributed by atoms with van der Waals surface area (Å²) in [6.07, 6.45) is 2.73. The Morgan fingerprint density at radius 1 is 1.53 bits per heavy atom. The summed E-state index contributed by atoms with van der Waals surface area (Å²) >= 11 is 9.27. The second kappa shape index (κ2) is 5.71. The minimum Gasteiger partial charge on any atom is -0.366 e. The Kier molecular flexibility index (Phi) is 4.87. The molecule has 0 amide bonds. The molecule has 0 bridgehead atoms. The highest BCUT2D eigenvalue weighted by atomic mass is 79.9. The van der Waals surface area contributed by atoms with Gasteiger partial charge in [-0.05, 0) is 34.3 Å².